The molecule has 0 aromatic heterocycles. The van der Waals surface area contributed by atoms with E-state index in [0.717, 1.165) is 28.2 Å². The summed E-state index contributed by atoms with van der Waals surface area (Å²) in [5.74, 6) is 2.44. The van der Waals surface area contributed by atoms with Gasteiger partial charge >= 0.3 is 0 Å². The Bertz CT molecular complexity index is 1040. The van der Waals surface area contributed by atoms with Crippen LogP contribution in [0.1, 0.15) is 31.2 Å². The van der Waals surface area contributed by atoms with Crippen molar-refractivity contribution in [2.75, 3.05) is 0 Å². The van der Waals surface area contributed by atoms with Gasteiger partial charge in [0.25, 0.3) is 0 Å². The zero-order chi connectivity index (χ0) is 19.6. The van der Waals surface area contributed by atoms with E-state index in [0.29, 0.717) is 11.8 Å². The van der Waals surface area contributed by atoms with E-state index in [2.05, 4.69) is 34.5 Å². The molecule has 1 fully saturated rings. The number of allylic oxidation sites excluding steroid dienone is 3. The lowest BCUT2D eigenvalue weighted by Gasteiger charge is -2.29. The summed E-state index contributed by atoms with van der Waals surface area (Å²) in [6, 6.07) is 18.0. The molecule has 1 N–H and O–H groups in total. The third-order valence-corrected chi connectivity index (χ3v) is 5.94. The number of ether oxygens (including phenoxy) is 1. The standard InChI is InChI=1S/C25H23N3O/c26-25-23-15-19(14-22(18-6-4-5-7-18)24(23)16-27-28-25)17-10-12-21(13-11-17)29-20-8-2-1-3-9-20/h1-3,8-16,18,23,26H,4-7H2. The molecule has 0 amide bonds. The second-order valence-corrected chi connectivity index (χ2v) is 7.81. The van der Waals surface area contributed by atoms with Gasteiger partial charge in [-0.25, -0.2) is 0 Å². The molecule has 29 heavy (non-hydrogen) atoms. The van der Waals surface area contributed by atoms with Gasteiger partial charge in [0.2, 0.25) is 0 Å². The van der Waals surface area contributed by atoms with Crippen LogP contribution in [-0.2, 0) is 0 Å². The minimum atomic E-state index is -0.0941. The number of para-hydroxylation sites is 1. The predicted molar refractivity (Wildman–Crippen MR) is 115 cm³/mol. The molecule has 1 atom stereocenters. The van der Waals surface area contributed by atoms with Crippen molar-refractivity contribution in [3.8, 4) is 11.5 Å². The van der Waals surface area contributed by atoms with Crippen molar-refractivity contribution in [3.63, 3.8) is 0 Å². The number of hydrogen-bond donors (Lipinski definition) is 1. The number of hydrogen-bond acceptors (Lipinski definition) is 3. The van der Waals surface area contributed by atoms with Gasteiger partial charge in [0.15, 0.2) is 5.84 Å². The monoisotopic (exact) mass is 381 g/mol. The number of benzene rings is 2. The maximum Gasteiger partial charge on any atom is 0.154 e. The van der Waals surface area contributed by atoms with Crippen LogP contribution in [0.15, 0.2) is 94.3 Å². The van der Waals surface area contributed by atoms with E-state index in [1.54, 1.807) is 0 Å². The summed E-state index contributed by atoms with van der Waals surface area (Å²) in [5, 5.41) is 16.4. The highest BCUT2D eigenvalue weighted by Gasteiger charge is 2.32. The van der Waals surface area contributed by atoms with Gasteiger partial charge in [0, 0.05) is 0 Å². The zero-order valence-corrected chi connectivity index (χ0v) is 16.2. The van der Waals surface area contributed by atoms with Crippen LogP contribution in [0, 0.1) is 17.2 Å². The Balaban J connectivity index is 1.45. The van der Waals surface area contributed by atoms with E-state index in [1.165, 1.54) is 31.3 Å². The van der Waals surface area contributed by atoms with Gasteiger partial charge in [-0.1, -0.05) is 55.3 Å². The lowest BCUT2D eigenvalue weighted by atomic mass is 9.77. The highest BCUT2D eigenvalue weighted by molar-refractivity contribution is 5.93. The zero-order valence-electron chi connectivity index (χ0n) is 16.2. The van der Waals surface area contributed by atoms with Crippen molar-refractivity contribution in [2.45, 2.75) is 25.7 Å². The van der Waals surface area contributed by atoms with Crippen LogP contribution in [0.5, 0.6) is 11.5 Å². The largest absolute Gasteiger partial charge is 0.457 e. The van der Waals surface area contributed by atoms with Gasteiger partial charge in [0.05, 0.1) is 12.1 Å². The van der Waals surface area contributed by atoms with E-state index in [-0.39, 0.29) is 5.92 Å². The number of amidine groups is 1. The Labute approximate surface area is 170 Å². The van der Waals surface area contributed by atoms with Crippen LogP contribution in [0.4, 0.5) is 0 Å². The smallest absolute Gasteiger partial charge is 0.154 e. The number of nitrogens with zero attached hydrogens (tertiary/aromatic N) is 2. The third-order valence-electron chi connectivity index (χ3n) is 5.94. The average molecular weight is 381 g/mol. The van der Waals surface area contributed by atoms with Crippen LogP contribution in [-0.4, -0.2) is 5.84 Å². The Kier molecular flexibility index (Phi) is 4.68. The van der Waals surface area contributed by atoms with Gasteiger partial charge in [-0.15, -0.1) is 5.11 Å². The molecule has 1 unspecified atom stereocenters. The molecule has 2 aliphatic carbocycles. The lowest BCUT2D eigenvalue weighted by Crippen LogP contribution is -2.21. The fraction of sp³-hybridized carbons (Fsp3) is 0.240. The maximum absolute atomic E-state index is 8.29. The molecule has 0 radical (unpaired) electrons. The minimum absolute atomic E-state index is 0.0941. The van der Waals surface area contributed by atoms with Crippen molar-refractivity contribution in [3.05, 3.63) is 89.7 Å². The average Bonchev–Trinajstić information content (AvgIpc) is 3.30. The normalized spacial score (nSPS) is 21.3. The first kappa shape index (κ1) is 17.8. The summed E-state index contributed by atoms with van der Waals surface area (Å²) in [4.78, 5) is 0. The van der Waals surface area contributed by atoms with Gasteiger partial charge in [0.1, 0.15) is 11.5 Å². The fourth-order valence-corrected chi connectivity index (χ4v) is 4.45. The van der Waals surface area contributed by atoms with Crippen LogP contribution in [0.2, 0.25) is 0 Å². The van der Waals surface area contributed by atoms with Gasteiger partial charge in [-0.05, 0) is 65.3 Å². The molecule has 0 spiro atoms. The van der Waals surface area contributed by atoms with E-state index in [1.807, 2.05) is 48.7 Å². The summed E-state index contributed by atoms with van der Waals surface area (Å²) < 4.78 is 5.92. The van der Waals surface area contributed by atoms with E-state index in [4.69, 9.17) is 10.1 Å². The predicted octanol–water partition coefficient (Wildman–Crippen LogP) is 6.94. The molecule has 4 nitrogen and oxygen atoms in total. The van der Waals surface area contributed by atoms with Crippen molar-refractivity contribution >= 4 is 11.4 Å². The summed E-state index contributed by atoms with van der Waals surface area (Å²) >= 11 is 0. The number of azo groups is 1. The first-order chi connectivity index (χ1) is 14.3. The summed E-state index contributed by atoms with van der Waals surface area (Å²) in [5.41, 5.74) is 4.79. The molecule has 3 aliphatic rings. The topological polar surface area (TPSA) is 57.8 Å². The maximum atomic E-state index is 8.29. The minimum Gasteiger partial charge on any atom is -0.457 e. The van der Waals surface area contributed by atoms with Crippen molar-refractivity contribution in [1.82, 2.24) is 0 Å². The van der Waals surface area contributed by atoms with Crippen molar-refractivity contribution in [2.24, 2.45) is 22.1 Å². The summed E-state index contributed by atoms with van der Waals surface area (Å²) in [7, 11) is 0. The molecule has 144 valence electrons. The van der Waals surface area contributed by atoms with E-state index < -0.39 is 0 Å². The van der Waals surface area contributed by atoms with Gasteiger partial charge in [-0.2, -0.15) is 5.11 Å². The molecule has 2 aromatic rings. The summed E-state index contributed by atoms with van der Waals surface area (Å²) in [6.07, 6.45) is 11.3. The van der Waals surface area contributed by atoms with Crippen LogP contribution >= 0.6 is 0 Å². The molecule has 2 aromatic carbocycles. The highest BCUT2D eigenvalue weighted by atomic mass is 16.5. The number of rotatable bonds is 4. The summed E-state index contributed by atoms with van der Waals surface area (Å²) in [6.45, 7) is 0. The fourth-order valence-electron chi connectivity index (χ4n) is 4.45. The quantitative estimate of drug-likeness (QED) is 0.613. The Hall–Kier alpha value is -3.27. The van der Waals surface area contributed by atoms with Gasteiger partial charge in [-0.3, -0.25) is 5.41 Å². The molecular weight excluding hydrogens is 358 g/mol. The first-order valence-corrected chi connectivity index (χ1v) is 10.2. The van der Waals surface area contributed by atoms with E-state index in [9.17, 15) is 0 Å². The first-order valence-electron chi connectivity index (χ1n) is 10.2. The highest BCUT2D eigenvalue weighted by Crippen LogP contribution is 2.43. The van der Waals surface area contributed by atoms with Crippen molar-refractivity contribution < 1.29 is 4.74 Å². The Morgan fingerprint density at radius 1 is 0.862 bits per heavy atom. The number of nitrogens with one attached hydrogen (secondary N) is 1. The second-order valence-electron chi connectivity index (χ2n) is 7.81. The lowest BCUT2D eigenvalue weighted by molar-refractivity contribution is 0.482. The molecule has 0 saturated heterocycles. The molecular formula is C25H23N3O. The van der Waals surface area contributed by atoms with Crippen LogP contribution in [0.25, 0.3) is 5.57 Å². The Morgan fingerprint density at radius 3 is 2.34 bits per heavy atom. The van der Waals surface area contributed by atoms with Gasteiger partial charge < -0.3 is 4.74 Å². The molecule has 5 rings (SSSR count). The van der Waals surface area contributed by atoms with Crippen molar-refractivity contribution in [1.29, 1.82) is 5.41 Å². The number of fused-ring (bicyclic) bond motifs is 1. The molecule has 4 heteroatoms. The second kappa shape index (κ2) is 7.63. The van der Waals surface area contributed by atoms with E-state index >= 15 is 0 Å². The molecule has 1 aliphatic heterocycles. The third kappa shape index (κ3) is 3.58. The molecule has 1 heterocycles. The van der Waals surface area contributed by atoms with Crippen LogP contribution in [0.3, 0.4) is 0 Å². The molecule has 1 saturated carbocycles. The Morgan fingerprint density at radius 2 is 1.59 bits per heavy atom. The SMILES string of the molecule is N=C1N=NC=C2C(C3CCCC3)=CC(c3ccc(Oc4ccccc4)cc3)=CC12. The van der Waals surface area contributed by atoms with Crippen LogP contribution < -0.4 is 4.74 Å². The molecule has 0 bridgehead atoms.